The molecule has 1 N–H and O–H groups in total. The van der Waals surface area contributed by atoms with Crippen molar-refractivity contribution in [1.82, 2.24) is 5.32 Å². The molecule has 3 nitrogen and oxygen atoms in total. The van der Waals surface area contributed by atoms with E-state index in [0.29, 0.717) is 19.1 Å². The lowest BCUT2D eigenvalue weighted by molar-refractivity contribution is -0.143. The Bertz CT molecular complexity index is 298. The molecule has 1 aromatic rings. The van der Waals surface area contributed by atoms with Gasteiger partial charge >= 0.3 is 5.97 Å². The Morgan fingerprint density at radius 1 is 1.62 bits per heavy atom. The van der Waals surface area contributed by atoms with E-state index in [1.54, 1.807) is 11.3 Å². The van der Waals surface area contributed by atoms with Gasteiger partial charge in [0.25, 0.3) is 0 Å². The van der Waals surface area contributed by atoms with E-state index in [4.69, 9.17) is 4.74 Å². The lowest BCUT2D eigenvalue weighted by atomic mass is 10.2. The Morgan fingerprint density at radius 2 is 2.44 bits per heavy atom. The molecule has 0 bridgehead atoms. The summed E-state index contributed by atoms with van der Waals surface area (Å²) in [4.78, 5) is 12.4. The molecule has 1 heterocycles. The quantitative estimate of drug-likeness (QED) is 0.589. The van der Waals surface area contributed by atoms with Crippen molar-refractivity contribution in [1.29, 1.82) is 0 Å². The van der Waals surface area contributed by atoms with Crippen LogP contribution in [0.3, 0.4) is 0 Å². The zero-order valence-electron chi connectivity index (χ0n) is 9.86. The van der Waals surface area contributed by atoms with Crippen molar-refractivity contribution in [3.8, 4) is 0 Å². The highest BCUT2D eigenvalue weighted by Crippen LogP contribution is 2.17. The fourth-order valence-electron chi connectivity index (χ4n) is 1.42. The topological polar surface area (TPSA) is 38.3 Å². The number of hydrogen-bond acceptors (Lipinski definition) is 4. The molecule has 0 fully saturated rings. The molecule has 1 rings (SSSR count). The minimum atomic E-state index is -0.104. The maximum absolute atomic E-state index is 11.1. The lowest BCUT2D eigenvalue weighted by Crippen LogP contribution is -2.20. The van der Waals surface area contributed by atoms with Gasteiger partial charge < -0.3 is 10.1 Å². The minimum absolute atomic E-state index is 0.104. The van der Waals surface area contributed by atoms with Crippen molar-refractivity contribution in [2.45, 2.75) is 32.7 Å². The Hall–Kier alpha value is -0.870. The first-order chi connectivity index (χ1) is 7.74. The first-order valence-electron chi connectivity index (χ1n) is 5.66. The van der Waals surface area contributed by atoms with Gasteiger partial charge in [-0.1, -0.05) is 6.07 Å². The summed E-state index contributed by atoms with van der Waals surface area (Å²) in [5.41, 5.74) is 0. The number of esters is 1. The van der Waals surface area contributed by atoms with Crippen LogP contribution in [0, 0.1) is 0 Å². The van der Waals surface area contributed by atoms with Crippen molar-refractivity contribution in [2.75, 3.05) is 13.2 Å². The predicted octanol–water partition coefficient (Wildman–Crippen LogP) is 2.74. The molecule has 0 aromatic carbocycles. The first kappa shape index (κ1) is 13.2. The van der Waals surface area contributed by atoms with Crippen LogP contribution in [-0.2, 0) is 9.53 Å². The van der Waals surface area contributed by atoms with E-state index in [1.165, 1.54) is 4.88 Å². The van der Waals surface area contributed by atoms with Gasteiger partial charge in [-0.3, -0.25) is 4.79 Å². The molecule has 0 saturated carbocycles. The van der Waals surface area contributed by atoms with E-state index in [2.05, 4.69) is 29.8 Å². The van der Waals surface area contributed by atoms with Gasteiger partial charge in [0, 0.05) is 17.3 Å². The maximum Gasteiger partial charge on any atom is 0.305 e. The molecule has 1 aromatic heterocycles. The smallest absolute Gasteiger partial charge is 0.305 e. The molecule has 0 saturated heterocycles. The average molecular weight is 241 g/mol. The lowest BCUT2D eigenvalue weighted by Gasteiger charge is -2.11. The van der Waals surface area contributed by atoms with E-state index in [-0.39, 0.29) is 5.97 Å². The Balaban J connectivity index is 2.09. The molecular formula is C12H19NO2S. The Morgan fingerprint density at radius 3 is 3.06 bits per heavy atom. The number of carbonyl (C=O) groups excluding carboxylic acids is 1. The van der Waals surface area contributed by atoms with Crippen LogP contribution in [0.4, 0.5) is 0 Å². The highest BCUT2D eigenvalue weighted by atomic mass is 32.1. The monoisotopic (exact) mass is 241 g/mol. The summed E-state index contributed by atoms with van der Waals surface area (Å²) in [5.74, 6) is -0.104. The van der Waals surface area contributed by atoms with E-state index >= 15 is 0 Å². The third-order valence-corrected chi connectivity index (χ3v) is 3.34. The van der Waals surface area contributed by atoms with Gasteiger partial charge in [-0.25, -0.2) is 0 Å². The van der Waals surface area contributed by atoms with E-state index < -0.39 is 0 Å². The molecule has 1 unspecified atom stereocenters. The minimum Gasteiger partial charge on any atom is -0.466 e. The zero-order chi connectivity index (χ0) is 11.8. The van der Waals surface area contributed by atoms with Crippen molar-refractivity contribution in [2.24, 2.45) is 0 Å². The molecule has 4 heteroatoms. The standard InChI is InChI=1S/C12H19NO2S/c1-3-15-12(14)7-4-8-13-10(2)11-6-5-9-16-11/h5-6,9-10,13H,3-4,7-8H2,1-2H3. The summed E-state index contributed by atoms with van der Waals surface area (Å²) in [5, 5.41) is 5.46. The summed E-state index contributed by atoms with van der Waals surface area (Å²) < 4.78 is 4.86. The summed E-state index contributed by atoms with van der Waals surface area (Å²) in [6.07, 6.45) is 1.33. The molecule has 0 spiro atoms. The maximum atomic E-state index is 11.1. The predicted molar refractivity (Wildman–Crippen MR) is 66.6 cm³/mol. The van der Waals surface area contributed by atoms with Crippen molar-refractivity contribution >= 4 is 17.3 Å². The third-order valence-electron chi connectivity index (χ3n) is 2.28. The fourth-order valence-corrected chi connectivity index (χ4v) is 2.18. The molecule has 0 amide bonds. The van der Waals surface area contributed by atoms with Crippen molar-refractivity contribution in [3.05, 3.63) is 22.4 Å². The number of hydrogen-bond donors (Lipinski definition) is 1. The number of ether oxygens (including phenoxy) is 1. The van der Waals surface area contributed by atoms with Gasteiger partial charge in [0.1, 0.15) is 0 Å². The van der Waals surface area contributed by atoms with Crippen LogP contribution < -0.4 is 5.32 Å². The Kier molecular flexibility index (Phi) is 6.11. The number of rotatable bonds is 7. The van der Waals surface area contributed by atoms with Gasteiger partial charge in [-0.15, -0.1) is 11.3 Å². The molecule has 0 aliphatic heterocycles. The third kappa shape index (κ3) is 4.77. The number of carbonyl (C=O) groups is 1. The van der Waals surface area contributed by atoms with Crippen molar-refractivity contribution < 1.29 is 9.53 Å². The van der Waals surface area contributed by atoms with Crippen LogP contribution in [0.5, 0.6) is 0 Å². The van der Waals surface area contributed by atoms with Crippen LogP contribution in [0.1, 0.15) is 37.6 Å². The summed E-state index contributed by atoms with van der Waals surface area (Å²) in [6, 6.07) is 4.53. The normalized spacial score (nSPS) is 12.4. The second kappa shape index (κ2) is 7.41. The van der Waals surface area contributed by atoms with Crippen LogP contribution in [0.25, 0.3) is 0 Å². The van der Waals surface area contributed by atoms with E-state index in [1.807, 2.05) is 6.92 Å². The highest BCUT2D eigenvalue weighted by molar-refractivity contribution is 7.10. The van der Waals surface area contributed by atoms with E-state index in [9.17, 15) is 4.79 Å². The summed E-state index contributed by atoms with van der Waals surface area (Å²) >= 11 is 1.75. The molecule has 16 heavy (non-hydrogen) atoms. The average Bonchev–Trinajstić information content (AvgIpc) is 2.78. The van der Waals surface area contributed by atoms with Gasteiger partial charge in [-0.2, -0.15) is 0 Å². The number of nitrogens with one attached hydrogen (secondary N) is 1. The van der Waals surface area contributed by atoms with Crippen LogP contribution in [0.2, 0.25) is 0 Å². The first-order valence-corrected chi connectivity index (χ1v) is 6.54. The van der Waals surface area contributed by atoms with Gasteiger partial charge in [0.05, 0.1) is 6.61 Å². The molecule has 1 atom stereocenters. The van der Waals surface area contributed by atoms with Crippen LogP contribution >= 0.6 is 11.3 Å². The molecule has 90 valence electrons. The van der Waals surface area contributed by atoms with Gasteiger partial charge in [-0.05, 0) is 38.3 Å². The summed E-state index contributed by atoms with van der Waals surface area (Å²) in [6.45, 7) is 5.28. The van der Waals surface area contributed by atoms with Gasteiger partial charge in [0.2, 0.25) is 0 Å². The largest absolute Gasteiger partial charge is 0.466 e. The number of thiophene rings is 1. The highest BCUT2D eigenvalue weighted by Gasteiger charge is 2.06. The molecular weight excluding hydrogens is 222 g/mol. The van der Waals surface area contributed by atoms with E-state index in [0.717, 1.165) is 13.0 Å². The summed E-state index contributed by atoms with van der Waals surface area (Å²) in [7, 11) is 0. The second-order valence-electron chi connectivity index (χ2n) is 3.60. The van der Waals surface area contributed by atoms with Crippen LogP contribution in [0.15, 0.2) is 17.5 Å². The van der Waals surface area contributed by atoms with Gasteiger partial charge in [0.15, 0.2) is 0 Å². The fraction of sp³-hybridized carbons (Fsp3) is 0.583. The second-order valence-corrected chi connectivity index (χ2v) is 4.58. The van der Waals surface area contributed by atoms with Crippen molar-refractivity contribution in [3.63, 3.8) is 0 Å². The Labute approximate surface area is 101 Å². The van der Waals surface area contributed by atoms with Crippen LogP contribution in [-0.4, -0.2) is 19.1 Å². The molecule has 0 aliphatic carbocycles. The SMILES string of the molecule is CCOC(=O)CCCNC(C)c1cccs1. The molecule has 0 radical (unpaired) electrons. The molecule has 0 aliphatic rings. The zero-order valence-corrected chi connectivity index (χ0v) is 10.7.